The van der Waals surface area contributed by atoms with Crippen molar-refractivity contribution in [2.24, 2.45) is 0 Å². The van der Waals surface area contributed by atoms with Gasteiger partial charge in [0.2, 0.25) is 5.91 Å². The molecule has 0 saturated carbocycles. The van der Waals surface area contributed by atoms with Gasteiger partial charge in [0.25, 0.3) is 10.0 Å². The van der Waals surface area contributed by atoms with Gasteiger partial charge in [0.05, 0.1) is 30.9 Å². The van der Waals surface area contributed by atoms with E-state index < -0.39 is 21.8 Å². The lowest BCUT2D eigenvalue weighted by atomic mass is 9.99. The summed E-state index contributed by atoms with van der Waals surface area (Å²) < 4.78 is 40.1. The molecule has 0 heterocycles. The fourth-order valence-corrected chi connectivity index (χ4v) is 4.62. The molecule has 3 aromatic carbocycles. The highest BCUT2D eigenvalue weighted by Crippen LogP contribution is 2.31. The van der Waals surface area contributed by atoms with Crippen LogP contribution < -0.4 is 19.5 Å². The summed E-state index contributed by atoms with van der Waals surface area (Å²) in [6.45, 7) is 5.35. The standard InChI is InChI=1S/C26H30N2O6S/c1-4-33-24-16-20(27-26(30)23(17-29)19-9-6-5-7-10-19)13-14-25(24)35(31,32)28-21-11-8-12-22(15-21)34-18(2)3/h5-16,18,23,28-29H,4,17H2,1-3H3,(H,27,30)/t23-/m0/s1. The van der Waals surface area contributed by atoms with Crippen molar-refractivity contribution in [2.75, 3.05) is 23.3 Å². The number of anilines is 2. The van der Waals surface area contributed by atoms with Crippen molar-refractivity contribution < 1.29 is 27.8 Å². The van der Waals surface area contributed by atoms with Crippen molar-refractivity contribution in [3.63, 3.8) is 0 Å². The highest BCUT2D eigenvalue weighted by atomic mass is 32.2. The largest absolute Gasteiger partial charge is 0.492 e. The van der Waals surface area contributed by atoms with Crippen LogP contribution in [0, 0.1) is 0 Å². The van der Waals surface area contributed by atoms with Gasteiger partial charge in [-0.25, -0.2) is 8.42 Å². The number of rotatable bonds is 11. The fourth-order valence-electron chi connectivity index (χ4n) is 3.45. The van der Waals surface area contributed by atoms with E-state index in [9.17, 15) is 18.3 Å². The van der Waals surface area contributed by atoms with Gasteiger partial charge < -0.3 is 19.9 Å². The van der Waals surface area contributed by atoms with E-state index in [0.717, 1.165) is 0 Å². The highest BCUT2D eigenvalue weighted by molar-refractivity contribution is 7.92. The van der Waals surface area contributed by atoms with Crippen LogP contribution in [0.2, 0.25) is 0 Å². The van der Waals surface area contributed by atoms with Crippen LogP contribution in [0.1, 0.15) is 32.3 Å². The van der Waals surface area contributed by atoms with Gasteiger partial charge in [-0.2, -0.15) is 0 Å². The average Bonchev–Trinajstić information content (AvgIpc) is 2.80. The molecule has 0 aliphatic heterocycles. The van der Waals surface area contributed by atoms with Gasteiger partial charge in [-0.15, -0.1) is 0 Å². The molecule has 3 aromatic rings. The van der Waals surface area contributed by atoms with E-state index in [-0.39, 0.29) is 30.0 Å². The zero-order valence-corrected chi connectivity index (χ0v) is 20.7. The van der Waals surface area contributed by atoms with Crippen LogP contribution in [0.15, 0.2) is 77.7 Å². The first-order chi connectivity index (χ1) is 16.7. The number of carbonyl (C=O) groups is 1. The Morgan fingerprint density at radius 1 is 0.971 bits per heavy atom. The summed E-state index contributed by atoms with van der Waals surface area (Å²) in [7, 11) is -4.00. The number of nitrogens with one attached hydrogen (secondary N) is 2. The van der Waals surface area contributed by atoms with E-state index in [0.29, 0.717) is 22.7 Å². The molecule has 0 aliphatic rings. The molecule has 0 aliphatic carbocycles. The number of amides is 1. The lowest BCUT2D eigenvalue weighted by molar-refractivity contribution is -0.118. The predicted molar refractivity (Wildman–Crippen MR) is 136 cm³/mol. The molecule has 9 heteroatoms. The van der Waals surface area contributed by atoms with Gasteiger partial charge in [-0.3, -0.25) is 9.52 Å². The molecule has 0 spiro atoms. The summed E-state index contributed by atoms with van der Waals surface area (Å²) >= 11 is 0. The quantitative estimate of drug-likeness (QED) is 0.361. The van der Waals surface area contributed by atoms with Gasteiger partial charge in [0, 0.05) is 17.8 Å². The molecule has 0 unspecified atom stereocenters. The van der Waals surface area contributed by atoms with Gasteiger partial charge >= 0.3 is 0 Å². The molecule has 8 nitrogen and oxygen atoms in total. The number of benzene rings is 3. The maximum absolute atomic E-state index is 13.2. The summed E-state index contributed by atoms with van der Waals surface area (Å²) in [5, 5.41) is 12.5. The van der Waals surface area contributed by atoms with Crippen LogP contribution in [-0.4, -0.2) is 38.7 Å². The molecule has 0 aromatic heterocycles. The molecule has 3 rings (SSSR count). The third-order valence-corrected chi connectivity index (χ3v) is 6.38. The molecule has 1 amide bonds. The Kier molecular flexibility index (Phi) is 8.73. The monoisotopic (exact) mass is 498 g/mol. The average molecular weight is 499 g/mol. The molecular weight excluding hydrogens is 468 g/mol. The summed E-state index contributed by atoms with van der Waals surface area (Å²) in [4.78, 5) is 12.7. The molecule has 0 saturated heterocycles. The molecule has 0 bridgehead atoms. The second-order valence-electron chi connectivity index (χ2n) is 8.03. The maximum Gasteiger partial charge on any atom is 0.265 e. The third-order valence-electron chi connectivity index (χ3n) is 4.96. The van der Waals surface area contributed by atoms with Crippen molar-refractivity contribution in [3.8, 4) is 11.5 Å². The second-order valence-corrected chi connectivity index (χ2v) is 9.68. The summed E-state index contributed by atoms with van der Waals surface area (Å²) in [6.07, 6.45) is -0.0542. The van der Waals surface area contributed by atoms with E-state index >= 15 is 0 Å². The van der Waals surface area contributed by atoms with Crippen LogP contribution in [0.5, 0.6) is 11.5 Å². The zero-order valence-electron chi connectivity index (χ0n) is 19.9. The number of hydrogen-bond donors (Lipinski definition) is 3. The number of hydrogen-bond acceptors (Lipinski definition) is 6. The molecule has 0 radical (unpaired) electrons. The Balaban J connectivity index is 1.84. The van der Waals surface area contributed by atoms with Gasteiger partial charge in [-0.05, 0) is 50.6 Å². The molecule has 3 N–H and O–H groups in total. The van der Waals surface area contributed by atoms with E-state index in [4.69, 9.17) is 9.47 Å². The summed E-state index contributed by atoms with van der Waals surface area (Å²) in [6, 6.07) is 19.9. The predicted octanol–water partition coefficient (Wildman–Crippen LogP) is 4.39. The Labute approximate surface area is 206 Å². The minimum absolute atomic E-state index is 0.0542. The third kappa shape index (κ3) is 6.97. The van der Waals surface area contributed by atoms with E-state index in [1.54, 1.807) is 55.5 Å². The van der Waals surface area contributed by atoms with Crippen LogP contribution in [-0.2, 0) is 14.8 Å². The Morgan fingerprint density at radius 3 is 2.37 bits per heavy atom. The van der Waals surface area contributed by atoms with Crippen molar-refractivity contribution in [2.45, 2.75) is 37.7 Å². The Bertz CT molecular complexity index is 1250. The molecule has 35 heavy (non-hydrogen) atoms. The summed E-state index contributed by atoms with van der Waals surface area (Å²) in [5.41, 5.74) is 1.36. The van der Waals surface area contributed by atoms with Crippen LogP contribution >= 0.6 is 0 Å². The van der Waals surface area contributed by atoms with E-state index in [1.807, 2.05) is 19.9 Å². The topological polar surface area (TPSA) is 114 Å². The van der Waals surface area contributed by atoms with Crippen LogP contribution in [0.25, 0.3) is 0 Å². The number of aliphatic hydroxyl groups is 1. The number of aliphatic hydroxyl groups excluding tert-OH is 1. The number of ether oxygens (including phenoxy) is 2. The summed E-state index contributed by atoms with van der Waals surface area (Å²) in [5.74, 6) is -0.554. The maximum atomic E-state index is 13.2. The van der Waals surface area contributed by atoms with E-state index in [1.165, 1.54) is 18.2 Å². The molecule has 186 valence electrons. The molecular formula is C26H30N2O6S. The first-order valence-corrected chi connectivity index (χ1v) is 12.7. The first-order valence-electron chi connectivity index (χ1n) is 11.3. The van der Waals surface area contributed by atoms with Crippen LogP contribution in [0.3, 0.4) is 0 Å². The van der Waals surface area contributed by atoms with Crippen LogP contribution in [0.4, 0.5) is 11.4 Å². The zero-order chi connectivity index (χ0) is 25.4. The molecule has 0 fully saturated rings. The normalized spacial score (nSPS) is 12.1. The lowest BCUT2D eigenvalue weighted by Crippen LogP contribution is -2.24. The minimum atomic E-state index is -4.00. The fraction of sp³-hybridized carbons (Fsp3) is 0.269. The van der Waals surface area contributed by atoms with Crippen molar-refractivity contribution in [1.29, 1.82) is 0 Å². The SMILES string of the molecule is CCOc1cc(NC(=O)[C@@H](CO)c2ccccc2)ccc1S(=O)(=O)Nc1cccc(OC(C)C)c1. The smallest absolute Gasteiger partial charge is 0.265 e. The number of sulfonamides is 1. The second kappa shape index (κ2) is 11.7. The first kappa shape index (κ1) is 26.1. The number of carbonyl (C=O) groups excluding carboxylic acids is 1. The van der Waals surface area contributed by atoms with Crippen molar-refractivity contribution in [3.05, 3.63) is 78.4 Å². The van der Waals surface area contributed by atoms with Gasteiger partial charge in [0.15, 0.2) is 0 Å². The van der Waals surface area contributed by atoms with Gasteiger partial charge in [0.1, 0.15) is 16.4 Å². The van der Waals surface area contributed by atoms with Crippen molar-refractivity contribution in [1.82, 2.24) is 0 Å². The van der Waals surface area contributed by atoms with E-state index in [2.05, 4.69) is 10.0 Å². The molecule has 1 atom stereocenters. The highest BCUT2D eigenvalue weighted by Gasteiger charge is 2.23. The Morgan fingerprint density at radius 2 is 1.71 bits per heavy atom. The minimum Gasteiger partial charge on any atom is -0.492 e. The lowest BCUT2D eigenvalue weighted by Gasteiger charge is -2.17. The van der Waals surface area contributed by atoms with Crippen molar-refractivity contribution >= 4 is 27.3 Å². The Hall–Kier alpha value is -3.56. The van der Waals surface area contributed by atoms with Gasteiger partial charge in [-0.1, -0.05) is 36.4 Å².